The molecule has 4 nitrogen and oxygen atoms in total. The molecule has 17 heavy (non-hydrogen) atoms. The molecule has 4 heteroatoms. The Bertz CT molecular complexity index is 480. The van der Waals surface area contributed by atoms with E-state index in [1.165, 1.54) is 18.4 Å². The van der Waals surface area contributed by atoms with Gasteiger partial charge in [0, 0.05) is 25.2 Å². The lowest BCUT2D eigenvalue weighted by molar-refractivity contribution is -0.116. The van der Waals surface area contributed by atoms with Crippen molar-refractivity contribution in [3.05, 3.63) is 17.7 Å². The normalized spacial score (nSPS) is 18.5. The van der Waals surface area contributed by atoms with Crippen molar-refractivity contribution < 1.29 is 4.79 Å². The fraction of sp³-hybridized carbons (Fsp3) is 0.462. The minimum absolute atomic E-state index is 0.0835. The number of nitrogen functional groups attached to an aromatic ring is 1. The van der Waals surface area contributed by atoms with Gasteiger partial charge in [0.05, 0.1) is 11.4 Å². The van der Waals surface area contributed by atoms with E-state index < -0.39 is 0 Å². The smallest absolute Gasteiger partial charge is 0.224 e. The van der Waals surface area contributed by atoms with Crippen LogP contribution in [0.4, 0.5) is 17.1 Å². The number of rotatable bonds is 2. The second-order valence-electron chi connectivity index (χ2n) is 4.96. The van der Waals surface area contributed by atoms with Crippen LogP contribution < -0.4 is 16.0 Å². The Hall–Kier alpha value is -1.71. The topological polar surface area (TPSA) is 58.4 Å². The number of benzene rings is 1. The molecule has 1 fully saturated rings. The number of hydrogen-bond donors (Lipinski definition) is 2. The molecule has 1 aromatic rings. The van der Waals surface area contributed by atoms with Gasteiger partial charge in [0.1, 0.15) is 0 Å². The lowest BCUT2D eigenvalue weighted by Crippen LogP contribution is -2.23. The van der Waals surface area contributed by atoms with Gasteiger partial charge in [-0.15, -0.1) is 0 Å². The molecule has 3 N–H and O–H groups in total. The number of carbonyl (C=O) groups is 1. The minimum atomic E-state index is 0.0835. The first-order valence-electron chi connectivity index (χ1n) is 6.10. The van der Waals surface area contributed by atoms with Gasteiger partial charge in [-0.2, -0.15) is 0 Å². The van der Waals surface area contributed by atoms with Crippen molar-refractivity contribution in [2.45, 2.75) is 31.7 Å². The number of nitrogens with two attached hydrogens (primary N) is 1. The molecule has 1 heterocycles. The van der Waals surface area contributed by atoms with E-state index in [0.717, 1.165) is 23.5 Å². The van der Waals surface area contributed by atoms with Crippen LogP contribution in [0.2, 0.25) is 0 Å². The molecule has 0 spiro atoms. The lowest BCUT2D eigenvalue weighted by Gasteiger charge is -2.25. The summed E-state index contributed by atoms with van der Waals surface area (Å²) in [5, 5.41) is 2.87. The van der Waals surface area contributed by atoms with Crippen LogP contribution in [0, 0.1) is 0 Å². The average molecular weight is 231 g/mol. The van der Waals surface area contributed by atoms with Crippen LogP contribution in [0.1, 0.15) is 24.8 Å². The van der Waals surface area contributed by atoms with Crippen molar-refractivity contribution in [2.75, 3.05) is 23.0 Å². The molecule has 1 aromatic carbocycles. The van der Waals surface area contributed by atoms with E-state index in [1.54, 1.807) is 0 Å². The first-order valence-corrected chi connectivity index (χ1v) is 6.10. The summed E-state index contributed by atoms with van der Waals surface area (Å²) < 4.78 is 0. The molecule has 2 aliphatic rings. The summed E-state index contributed by atoms with van der Waals surface area (Å²) in [6.45, 7) is 0. The third-order valence-corrected chi connectivity index (χ3v) is 3.62. The SMILES string of the molecule is CN(c1cc2c(cc1N)NC(=O)CC2)C1CC1. The second kappa shape index (κ2) is 3.65. The fourth-order valence-electron chi connectivity index (χ4n) is 2.40. The maximum absolute atomic E-state index is 11.3. The predicted octanol–water partition coefficient (Wildman–Crippen LogP) is 1.75. The van der Waals surface area contributed by atoms with Crippen molar-refractivity contribution in [3.63, 3.8) is 0 Å². The van der Waals surface area contributed by atoms with Crippen molar-refractivity contribution >= 4 is 23.0 Å². The van der Waals surface area contributed by atoms with Gasteiger partial charge in [0.15, 0.2) is 0 Å². The summed E-state index contributed by atoms with van der Waals surface area (Å²) in [5.74, 6) is 0.0835. The van der Waals surface area contributed by atoms with Crippen LogP contribution in [0.15, 0.2) is 12.1 Å². The molecule has 90 valence electrons. The number of nitrogens with zero attached hydrogens (tertiary/aromatic N) is 1. The number of anilines is 3. The van der Waals surface area contributed by atoms with Crippen LogP contribution in [0.3, 0.4) is 0 Å². The maximum atomic E-state index is 11.3. The van der Waals surface area contributed by atoms with Gasteiger partial charge in [0.2, 0.25) is 5.91 Å². The van der Waals surface area contributed by atoms with Gasteiger partial charge in [-0.05, 0) is 37.0 Å². The average Bonchev–Trinajstić information content (AvgIpc) is 3.11. The zero-order chi connectivity index (χ0) is 12.0. The standard InChI is InChI=1S/C13H17N3O/c1-16(9-3-4-9)12-6-8-2-5-13(17)15-11(8)7-10(12)14/h6-7,9H,2-5,14H2,1H3,(H,15,17). The molecule has 1 amide bonds. The first-order chi connectivity index (χ1) is 8.15. The predicted molar refractivity (Wildman–Crippen MR) is 69.2 cm³/mol. The minimum Gasteiger partial charge on any atom is -0.397 e. The summed E-state index contributed by atoms with van der Waals surface area (Å²) in [7, 11) is 2.09. The Morgan fingerprint density at radius 1 is 1.35 bits per heavy atom. The maximum Gasteiger partial charge on any atom is 0.224 e. The highest BCUT2D eigenvalue weighted by Gasteiger charge is 2.28. The molecule has 0 radical (unpaired) electrons. The fourth-order valence-corrected chi connectivity index (χ4v) is 2.40. The molecule has 3 rings (SSSR count). The van der Waals surface area contributed by atoms with Crippen molar-refractivity contribution in [1.29, 1.82) is 0 Å². The van der Waals surface area contributed by atoms with Gasteiger partial charge in [-0.1, -0.05) is 0 Å². The Morgan fingerprint density at radius 2 is 2.12 bits per heavy atom. The van der Waals surface area contributed by atoms with E-state index in [2.05, 4.69) is 23.3 Å². The quantitative estimate of drug-likeness (QED) is 0.762. The Balaban J connectivity index is 1.98. The third-order valence-electron chi connectivity index (χ3n) is 3.62. The molecule has 1 aliphatic carbocycles. The number of aryl methyl sites for hydroxylation is 1. The molecular weight excluding hydrogens is 214 g/mol. The van der Waals surface area contributed by atoms with Crippen molar-refractivity contribution in [1.82, 2.24) is 0 Å². The van der Waals surface area contributed by atoms with Crippen LogP contribution in [-0.4, -0.2) is 19.0 Å². The van der Waals surface area contributed by atoms with Crippen LogP contribution in [0.5, 0.6) is 0 Å². The largest absolute Gasteiger partial charge is 0.397 e. The number of amides is 1. The lowest BCUT2D eigenvalue weighted by atomic mass is 10.0. The van der Waals surface area contributed by atoms with Crippen molar-refractivity contribution in [2.24, 2.45) is 0 Å². The number of hydrogen-bond acceptors (Lipinski definition) is 3. The van der Waals surface area contributed by atoms with Crippen LogP contribution in [-0.2, 0) is 11.2 Å². The van der Waals surface area contributed by atoms with E-state index in [1.807, 2.05) is 6.07 Å². The van der Waals surface area contributed by atoms with Gasteiger partial charge < -0.3 is 16.0 Å². The van der Waals surface area contributed by atoms with Crippen molar-refractivity contribution in [3.8, 4) is 0 Å². The highest BCUT2D eigenvalue weighted by molar-refractivity contribution is 5.95. The van der Waals surface area contributed by atoms with Gasteiger partial charge in [-0.25, -0.2) is 0 Å². The summed E-state index contributed by atoms with van der Waals surface area (Å²) >= 11 is 0. The Kier molecular flexibility index (Phi) is 2.24. The zero-order valence-corrected chi connectivity index (χ0v) is 9.99. The van der Waals surface area contributed by atoms with Gasteiger partial charge in [-0.3, -0.25) is 4.79 Å². The first kappa shape index (κ1) is 10.4. The van der Waals surface area contributed by atoms with E-state index >= 15 is 0 Å². The second-order valence-corrected chi connectivity index (χ2v) is 4.96. The monoisotopic (exact) mass is 231 g/mol. The van der Waals surface area contributed by atoms with Crippen LogP contribution in [0.25, 0.3) is 0 Å². The number of fused-ring (bicyclic) bond motifs is 1. The third kappa shape index (κ3) is 1.84. The van der Waals surface area contributed by atoms with E-state index in [0.29, 0.717) is 12.5 Å². The highest BCUT2D eigenvalue weighted by Crippen LogP contribution is 2.37. The van der Waals surface area contributed by atoms with Crippen LogP contribution >= 0.6 is 0 Å². The summed E-state index contributed by atoms with van der Waals surface area (Å²) in [6, 6.07) is 4.66. The molecule has 1 aliphatic heterocycles. The van der Waals surface area contributed by atoms with E-state index in [9.17, 15) is 4.79 Å². The van der Waals surface area contributed by atoms with E-state index in [4.69, 9.17) is 5.73 Å². The molecular formula is C13H17N3O. The number of carbonyl (C=O) groups excluding carboxylic acids is 1. The van der Waals surface area contributed by atoms with Gasteiger partial charge >= 0.3 is 0 Å². The summed E-state index contributed by atoms with van der Waals surface area (Å²) in [6.07, 6.45) is 3.89. The summed E-state index contributed by atoms with van der Waals surface area (Å²) in [4.78, 5) is 13.6. The Labute approximate surface area is 101 Å². The van der Waals surface area contributed by atoms with Gasteiger partial charge in [0.25, 0.3) is 0 Å². The number of nitrogens with one attached hydrogen (secondary N) is 1. The molecule has 1 saturated carbocycles. The summed E-state index contributed by atoms with van der Waals surface area (Å²) in [5.41, 5.74) is 9.99. The molecule has 0 bridgehead atoms. The molecule has 0 saturated heterocycles. The zero-order valence-electron chi connectivity index (χ0n) is 9.99. The Morgan fingerprint density at radius 3 is 2.82 bits per heavy atom. The highest BCUT2D eigenvalue weighted by atomic mass is 16.1. The molecule has 0 atom stereocenters. The molecule has 0 unspecified atom stereocenters. The van der Waals surface area contributed by atoms with E-state index in [-0.39, 0.29) is 5.91 Å². The molecule has 0 aromatic heterocycles.